The van der Waals surface area contributed by atoms with Crippen molar-refractivity contribution in [3.8, 4) is 0 Å². The maximum absolute atomic E-state index is 11.1. The molecule has 0 amide bonds. The highest BCUT2D eigenvalue weighted by molar-refractivity contribution is 7.98. The van der Waals surface area contributed by atoms with E-state index in [1.165, 1.54) is 0 Å². The van der Waals surface area contributed by atoms with Crippen LogP contribution >= 0.6 is 48.8 Å². The molecular weight excluding hydrogens is 697 g/mol. The predicted molar refractivity (Wildman–Crippen MR) is 227 cm³/mol. The van der Waals surface area contributed by atoms with Crippen molar-refractivity contribution in [3.05, 3.63) is 123 Å². The highest BCUT2D eigenvalue weighted by Crippen LogP contribution is 2.20. The van der Waals surface area contributed by atoms with Crippen LogP contribution in [0.1, 0.15) is 111 Å². The first-order chi connectivity index (χ1) is 23.4. The van der Waals surface area contributed by atoms with Crippen LogP contribution in [0.3, 0.4) is 0 Å². The first-order valence-corrected chi connectivity index (χ1v) is 19.9. The summed E-state index contributed by atoms with van der Waals surface area (Å²) in [5.41, 5.74) is 8.81. The van der Waals surface area contributed by atoms with Gasteiger partial charge in [0.1, 0.15) is 0 Å². The standard InChI is InChI=1S/2C10H12OS.C10H12O.C9H10OS.C2H6.CH4S/c2*1-7-4-9(8(2)11)6-10(5-7)12-3;1-7-4-8(2)6-10(5-7)9(3)11;1-6-3-8(7(2)10)5-9(11)4-6;2*1-2/h2*4-6H,1-3H3;4-6H,1-3H3;3-5,11H,1-2H3;1-2H3;2H,1H3. The van der Waals surface area contributed by atoms with E-state index in [0.29, 0.717) is 0 Å². The summed E-state index contributed by atoms with van der Waals surface area (Å²) in [6.07, 6.45) is 5.72. The van der Waals surface area contributed by atoms with E-state index >= 15 is 0 Å². The molecule has 0 atom stereocenters. The normalized spacial score (nSPS) is 9.28. The number of hydrogen-bond acceptors (Lipinski definition) is 8. The third-order valence-electron chi connectivity index (χ3n) is 6.48. The predicted octanol–water partition coefficient (Wildman–Crippen LogP) is 12.4. The molecule has 0 saturated carbocycles. The van der Waals surface area contributed by atoms with Crippen LogP contribution in [0.15, 0.2) is 87.5 Å². The molecule has 0 heterocycles. The van der Waals surface area contributed by atoms with Crippen molar-refractivity contribution in [2.75, 3.05) is 18.8 Å². The van der Waals surface area contributed by atoms with Gasteiger partial charge in [0.15, 0.2) is 23.1 Å². The average molecular weight is 753 g/mol. The van der Waals surface area contributed by atoms with Gasteiger partial charge < -0.3 is 0 Å². The fourth-order valence-corrected chi connectivity index (χ4v) is 5.72. The summed E-state index contributed by atoms with van der Waals surface area (Å²) in [5.74, 6) is 0.490. The molecule has 0 N–H and O–H groups in total. The molecule has 0 fully saturated rings. The Morgan fingerprint density at radius 1 is 0.420 bits per heavy atom. The lowest BCUT2D eigenvalue weighted by atomic mass is 10.1. The first-order valence-electron chi connectivity index (χ1n) is 16.1. The van der Waals surface area contributed by atoms with Gasteiger partial charge in [0.05, 0.1) is 0 Å². The number of ketones is 4. The molecule has 0 aliphatic carbocycles. The van der Waals surface area contributed by atoms with Crippen LogP contribution in [0.25, 0.3) is 0 Å². The molecule has 8 heteroatoms. The zero-order valence-electron chi connectivity index (χ0n) is 32.3. The van der Waals surface area contributed by atoms with Crippen LogP contribution < -0.4 is 0 Å². The second-order valence-corrected chi connectivity index (χ2v) is 13.4. The molecule has 4 aromatic carbocycles. The molecule has 4 nitrogen and oxygen atoms in total. The molecule has 0 aliphatic rings. The summed E-state index contributed by atoms with van der Waals surface area (Å²) in [6, 6.07) is 23.3. The number of thiol groups is 2. The van der Waals surface area contributed by atoms with E-state index in [1.807, 2.05) is 110 Å². The van der Waals surface area contributed by atoms with Gasteiger partial charge in [-0.05, 0) is 165 Å². The Kier molecular flexibility index (Phi) is 26.2. The van der Waals surface area contributed by atoms with Gasteiger partial charge in [-0.25, -0.2) is 0 Å². The highest BCUT2D eigenvalue weighted by Gasteiger charge is 2.03. The molecular formula is C42H56O4S4. The van der Waals surface area contributed by atoms with Crippen LogP contribution in [-0.4, -0.2) is 41.9 Å². The Labute approximate surface area is 321 Å². The van der Waals surface area contributed by atoms with Crippen molar-refractivity contribution < 1.29 is 19.2 Å². The fraction of sp³-hybridized carbons (Fsp3) is 0.333. The molecule has 0 aliphatic heterocycles. The van der Waals surface area contributed by atoms with E-state index in [0.717, 1.165) is 64.8 Å². The Balaban J connectivity index is 0. The Morgan fingerprint density at radius 3 is 0.920 bits per heavy atom. The molecule has 0 aromatic heterocycles. The van der Waals surface area contributed by atoms with Crippen LogP contribution in [0.2, 0.25) is 0 Å². The smallest absolute Gasteiger partial charge is 0.159 e. The topological polar surface area (TPSA) is 68.3 Å². The lowest BCUT2D eigenvalue weighted by Crippen LogP contribution is -1.93. The molecule has 0 saturated heterocycles. The average Bonchev–Trinajstić information content (AvgIpc) is 3.06. The minimum absolute atomic E-state index is 0.0870. The van der Waals surface area contributed by atoms with Gasteiger partial charge in [-0.2, -0.15) is 12.6 Å². The Hall–Kier alpha value is -3.04. The van der Waals surface area contributed by atoms with Gasteiger partial charge in [-0.1, -0.05) is 31.0 Å². The summed E-state index contributed by atoms with van der Waals surface area (Å²) in [5, 5.41) is 0. The van der Waals surface area contributed by atoms with Crippen molar-refractivity contribution >= 4 is 71.9 Å². The maximum atomic E-state index is 11.1. The molecule has 0 radical (unpaired) electrons. The Morgan fingerprint density at radius 2 is 0.660 bits per heavy atom. The molecule has 272 valence electrons. The molecule has 0 spiro atoms. The Bertz CT molecular complexity index is 1530. The SMILES string of the molecule is CC.CC(=O)c1cc(C)cc(C)c1.CC(=O)c1cc(C)cc(S)c1.CS.CSc1cc(C)cc(C(C)=O)c1.CSc1cc(C)cc(C(C)=O)c1. The summed E-state index contributed by atoms with van der Waals surface area (Å²) in [7, 11) is 0. The van der Waals surface area contributed by atoms with Gasteiger partial charge >= 0.3 is 0 Å². The second kappa shape index (κ2) is 26.7. The number of carbonyl (C=O) groups excluding carboxylic acids is 4. The lowest BCUT2D eigenvalue weighted by Gasteiger charge is -2.01. The third kappa shape index (κ3) is 20.6. The van der Waals surface area contributed by atoms with Crippen LogP contribution in [0.5, 0.6) is 0 Å². The van der Waals surface area contributed by atoms with Crippen LogP contribution in [0.4, 0.5) is 0 Å². The second-order valence-electron chi connectivity index (χ2n) is 11.1. The zero-order chi connectivity index (χ0) is 39.1. The van der Waals surface area contributed by atoms with Crippen molar-refractivity contribution in [3.63, 3.8) is 0 Å². The minimum Gasteiger partial charge on any atom is -0.295 e. The van der Waals surface area contributed by atoms with Gasteiger partial charge in [0, 0.05) is 36.9 Å². The van der Waals surface area contributed by atoms with Crippen LogP contribution in [0, 0.1) is 34.6 Å². The summed E-state index contributed by atoms with van der Waals surface area (Å²) in [4.78, 5) is 47.1. The number of thioether (sulfide) groups is 2. The maximum Gasteiger partial charge on any atom is 0.159 e. The van der Waals surface area contributed by atoms with Gasteiger partial charge in [0.25, 0.3) is 0 Å². The highest BCUT2D eigenvalue weighted by atomic mass is 32.2. The number of benzene rings is 4. The third-order valence-corrected chi connectivity index (χ3v) is 8.16. The summed E-state index contributed by atoms with van der Waals surface area (Å²) in [6.45, 7) is 20.3. The largest absolute Gasteiger partial charge is 0.295 e. The molecule has 0 unspecified atom stereocenters. The number of hydrogen-bond donors (Lipinski definition) is 2. The molecule has 0 bridgehead atoms. The number of aryl methyl sites for hydroxylation is 5. The molecule has 4 rings (SSSR count). The number of rotatable bonds is 6. The fourth-order valence-electron chi connectivity index (χ4n) is 4.28. The monoisotopic (exact) mass is 752 g/mol. The minimum atomic E-state index is 0.0870. The van der Waals surface area contributed by atoms with Crippen molar-refractivity contribution in [2.45, 2.75) is 90.8 Å². The first kappa shape index (κ1) is 49.1. The van der Waals surface area contributed by atoms with E-state index in [2.05, 4.69) is 43.5 Å². The van der Waals surface area contributed by atoms with E-state index < -0.39 is 0 Å². The van der Waals surface area contributed by atoms with Gasteiger partial charge in [-0.3, -0.25) is 19.2 Å². The summed E-state index contributed by atoms with van der Waals surface area (Å²) < 4.78 is 0. The van der Waals surface area contributed by atoms with E-state index in [9.17, 15) is 19.2 Å². The quantitative estimate of drug-likeness (QED) is 0.116. The lowest BCUT2D eigenvalue weighted by molar-refractivity contribution is 0.100. The van der Waals surface area contributed by atoms with Gasteiger partial charge in [0.2, 0.25) is 0 Å². The number of Topliss-reactive ketones (excluding diaryl/α,β-unsaturated/α-hetero) is 4. The van der Waals surface area contributed by atoms with E-state index in [4.69, 9.17) is 0 Å². The molecule has 50 heavy (non-hydrogen) atoms. The van der Waals surface area contributed by atoms with E-state index in [1.54, 1.807) is 63.5 Å². The van der Waals surface area contributed by atoms with Crippen LogP contribution in [-0.2, 0) is 0 Å². The van der Waals surface area contributed by atoms with Crippen molar-refractivity contribution in [1.29, 1.82) is 0 Å². The van der Waals surface area contributed by atoms with Gasteiger partial charge in [-0.15, -0.1) is 36.2 Å². The van der Waals surface area contributed by atoms with Crippen molar-refractivity contribution in [2.24, 2.45) is 0 Å². The zero-order valence-corrected chi connectivity index (χ0v) is 35.7. The number of carbonyl (C=O) groups is 4. The molecule has 4 aromatic rings. The van der Waals surface area contributed by atoms with E-state index in [-0.39, 0.29) is 23.1 Å². The summed E-state index contributed by atoms with van der Waals surface area (Å²) >= 11 is 11.0. The van der Waals surface area contributed by atoms with Crippen molar-refractivity contribution in [1.82, 2.24) is 0 Å².